The first-order chi connectivity index (χ1) is 14.0. The number of carbonyl (C=O) groups is 2. The number of carbonyl (C=O) groups excluding carboxylic acids is 2. The van der Waals surface area contributed by atoms with Crippen LogP contribution in [-0.4, -0.2) is 102 Å². The van der Waals surface area contributed by atoms with Gasteiger partial charge in [-0.1, -0.05) is 0 Å². The fourth-order valence-corrected chi connectivity index (χ4v) is 4.92. The molecule has 0 aliphatic carbocycles. The van der Waals surface area contributed by atoms with Gasteiger partial charge in [-0.25, -0.2) is 4.98 Å². The fourth-order valence-electron chi connectivity index (χ4n) is 4.92. The van der Waals surface area contributed by atoms with Gasteiger partial charge in [0.15, 0.2) is 12.1 Å². The number of oxazole rings is 1. The molecule has 0 saturated carbocycles. The van der Waals surface area contributed by atoms with Crippen LogP contribution >= 0.6 is 0 Å². The zero-order valence-electron chi connectivity index (χ0n) is 17.7. The second kappa shape index (κ2) is 8.83. The Kier molecular flexibility index (Phi) is 6.20. The molecule has 3 fully saturated rings. The van der Waals surface area contributed by atoms with Crippen molar-refractivity contribution in [3.63, 3.8) is 0 Å². The first-order valence-corrected chi connectivity index (χ1v) is 10.9. The maximum absolute atomic E-state index is 13.0. The summed E-state index contributed by atoms with van der Waals surface area (Å²) in [6, 6.07) is 0.459. The minimum Gasteiger partial charge on any atom is -0.448 e. The van der Waals surface area contributed by atoms with Crippen molar-refractivity contribution in [2.45, 2.75) is 38.6 Å². The van der Waals surface area contributed by atoms with E-state index in [1.54, 1.807) is 6.92 Å². The van der Waals surface area contributed by atoms with E-state index in [2.05, 4.69) is 26.7 Å². The molecule has 4 heterocycles. The summed E-state index contributed by atoms with van der Waals surface area (Å²) in [5, 5.41) is 0. The van der Waals surface area contributed by atoms with Gasteiger partial charge in [-0.2, -0.15) is 0 Å². The van der Waals surface area contributed by atoms with Gasteiger partial charge in [0.1, 0.15) is 5.76 Å². The first kappa shape index (κ1) is 20.3. The molecular formula is C21H33N5O3. The number of likely N-dealkylation sites (tertiary alicyclic amines) is 2. The van der Waals surface area contributed by atoms with Crippen molar-refractivity contribution in [3.8, 4) is 0 Å². The molecule has 4 rings (SSSR count). The molecule has 1 atom stereocenters. The summed E-state index contributed by atoms with van der Waals surface area (Å²) in [7, 11) is 2.12. The summed E-state index contributed by atoms with van der Waals surface area (Å²) < 4.78 is 5.18. The third-order valence-corrected chi connectivity index (χ3v) is 6.83. The molecule has 0 aromatic carbocycles. The van der Waals surface area contributed by atoms with Crippen LogP contribution < -0.4 is 0 Å². The lowest BCUT2D eigenvalue weighted by Crippen LogP contribution is -2.54. The molecule has 0 N–H and O–H groups in total. The molecule has 0 spiro atoms. The van der Waals surface area contributed by atoms with Crippen molar-refractivity contribution < 1.29 is 14.0 Å². The van der Waals surface area contributed by atoms with Crippen molar-refractivity contribution in [3.05, 3.63) is 17.8 Å². The molecule has 8 nitrogen and oxygen atoms in total. The van der Waals surface area contributed by atoms with E-state index in [-0.39, 0.29) is 11.8 Å². The third-order valence-electron chi connectivity index (χ3n) is 6.83. The lowest BCUT2D eigenvalue weighted by atomic mass is 9.92. The lowest BCUT2D eigenvalue weighted by molar-refractivity contribution is -0.139. The Morgan fingerprint density at radius 2 is 1.72 bits per heavy atom. The Labute approximate surface area is 172 Å². The number of piperidine rings is 2. The highest BCUT2D eigenvalue weighted by Gasteiger charge is 2.35. The number of aryl methyl sites for hydroxylation is 1. The summed E-state index contributed by atoms with van der Waals surface area (Å²) in [4.78, 5) is 38.5. The lowest BCUT2D eigenvalue weighted by Gasteiger charge is -2.43. The van der Waals surface area contributed by atoms with Gasteiger partial charge >= 0.3 is 0 Å². The van der Waals surface area contributed by atoms with E-state index in [0.717, 1.165) is 78.0 Å². The highest BCUT2D eigenvalue weighted by atomic mass is 16.3. The summed E-state index contributed by atoms with van der Waals surface area (Å²) >= 11 is 0. The maximum Gasteiger partial charge on any atom is 0.276 e. The number of rotatable bonds is 3. The van der Waals surface area contributed by atoms with Gasteiger partial charge < -0.3 is 19.1 Å². The van der Waals surface area contributed by atoms with Crippen molar-refractivity contribution in [2.24, 2.45) is 5.92 Å². The molecule has 29 heavy (non-hydrogen) atoms. The molecular weight excluding hydrogens is 370 g/mol. The minimum absolute atomic E-state index is 0.0311. The van der Waals surface area contributed by atoms with Crippen LogP contribution in [0.5, 0.6) is 0 Å². The Morgan fingerprint density at radius 3 is 2.38 bits per heavy atom. The second-order valence-corrected chi connectivity index (χ2v) is 8.74. The number of amides is 2. The zero-order chi connectivity index (χ0) is 20.4. The van der Waals surface area contributed by atoms with Gasteiger partial charge in [0.25, 0.3) is 5.91 Å². The van der Waals surface area contributed by atoms with E-state index in [1.165, 1.54) is 6.39 Å². The number of nitrogens with zero attached hydrogens (tertiary/aromatic N) is 5. The molecule has 160 valence electrons. The van der Waals surface area contributed by atoms with Gasteiger partial charge in [0, 0.05) is 51.9 Å². The molecule has 2 amide bonds. The van der Waals surface area contributed by atoms with Gasteiger partial charge in [0.05, 0.1) is 5.92 Å². The van der Waals surface area contributed by atoms with E-state index in [9.17, 15) is 9.59 Å². The molecule has 0 radical (unpaired) electrons. The van der Waals surface area contributed by atoms with Crippen molar-refractivity contribution in [1.82, 2.24) is 24.6 Å². The molecule has 1 unspecified atom stereocenters. The Morgan fingerprint density at radius 1 is 1.00 bits per heavy atom. The predicted octanol–water partition coefficient (Wildman–Crippen LogP) is 1.07. The number of hydrogen-bond acceptors (Lipinski definition) is 6. The summed E-state index contributed by atoms with van der Waals surface area (Å²) in [5.74, 6) is 1.02. The zero-order valence-corrected chi connectivity index (χ0v) is 17.7. The van der Waals surface area contributed by atoms with Gasteiger partial charge in [0.2, 0.25) is 5.91 Å². The number of piperazine rings is 1. The minimum atomic E-state index is -0.0311. The summed E-state index contributed by atoms with van der Waals surface area (Å²) in [6.07, 6.45) is 5.34. The average molecular weight is 404 g/mol. The molecule has 3 saturated heterocycles. The van der Waals surface area contributed by atoms with Crippen molar-refractivity contribution >= 4 is 11.8 Å². The van der Waals surface area contributed by atoms with E-state index in [4.69, 9.17) is 4.42 Å². The molecule has 0 bridgehead atoms. The predicted molar refractivity (Wildman–Crippen MR) is 109 cm³/mol. The van der Waals surface area contributed by atoms with Crippen LogP contribution in [0.4, 0.5) is 0 Å². The monoisotopic (exact) mass is 403 g/mol. The van der Waals surface area contributed by atoms with E-state index >= 15 is 0 Å². The van der Waals surface area contributed by atoms with E-state index < -0.39 is 0 Å². The maximum atomic E-state index is 13.0. The molecule has 3 aliphatic rings. The van der Waals surface area contributed by atoms with Gasteiger partial charge in [-0.05, 0) is 46.2 Å². The highest BCUT2D eigenvalue weighted by molar-refractivity contribution is 5.93. The van der Waals surface area contributed by atoms with Crippen LogP contribution in [-0.2, 0) is 4.79 Å². The quantitative estimate of drug-likeness (QED) is 0.752. The van der Waals surface area contributed by atoms with Crippen molar-refractivity contribution in [2.75, 3.05) is 59.4 Å². The number of hydrogen-bond donors (Lipinski definition) is 0. The first-order valence-electron chi connectivity index (χ1n) is 10.9. The smallest absolute Gasteiger partial charge is 0.276 e. The molecule has 1 aromatic heterocycles. The average Bonchev–Trinajstić information content (AvgIpc) is 3.19. The Balaban J connectivity index is 1.29. The van der Waals surface area contributed by atoms with Gasteiger partial charge in [-0.3, -0.25) is 14.5 Å². The van der Waals surface area contributed by atoms with E-state index in [1.807, 2.05) is 4.90 Å². The van der Waals surface area contributed by atoms with E-state index in [0.29, 0.717) is 23.4 Å². The topological polar surface area (TPSA) is 73.1 Å². The largest absolute Gasteiger partial charge is 0.448 e. The molecule has 1 aromatic rings. The molecule has 8 heteroatoms. The van der Waals surface area contributed by atoms with Crippen molar-refractivity contribution in [1.29, 1.82) is 0 Å². The highest BCUT2D eigenvalue weighted by Crippen LogP contribution is 2.26. The Bertz CT molecular complexity index is 720. The molecule has 3 aliphatic heterocycles. The van der Waals surface area contributed by atoms with Crippen LogP contribution in [0.15, 0.2) is 10.8 Å². The van der Waals surface area contributed by atoms with Gasteiger partial charge in [-0.15, -0.1) is 0 Å². The normalized spacial score (nSPS) is 25.4. The van der Waals surface area contributed by atoms with Crippen LogP contribution in [0, 0.1) is 12.8 Å². The SMILES string of the molecule is Cc1ocnc1C(=O)N1CCC(N2CCCC(C(=O)N3CCN(C)CC3)C2)CC1. The summed E-state index contributed by atoms with van der Waals surface area (Å²) in [5.41, 5.74) is 0.430. The number of likely N-dealkylation sites (N-methyl/N-ethyl adjacent to an activating group) is 1. The third kappa shape index (κ3) is 4.48. The van der Waals surface area contributed by atoms with Crippen LogP contribution in [0.3, 0.4) is 0 Å². The fraction of sp³-hybridized carbons (Fsp3) is 0.762. The summed E-state index contributed by atoms with van der Waals surface area (Å²) in [6.45, 7) is 8.84. The van der Waals surface area contributed by atoms with Crippen LogP contribution in [0.1, 0.15) is 41.9 Å². The second-order valence-electron chi connectivity index (χ2n) is 8.74. The number of aromatic nitrogens is 1. The van der Waals surface area contributed by atoms with Crippen LogP contribution in [0.2, 0.25) is 0 Å². The van der Waals surface area contributed by atoms with Crippen LogP contribution in [0.25, 0.3) is 0 Å². The standard InChI is InChI=1S/C21H33N5O3/c1-16-19(22-15-29-16)21(28)24-8-5-18(6-9-24)26-7-3-4-17(14-26)20(27)25-12-10-23(2)11-13-25/h15,17-18H,3-14H2,1-2H3. The Hall–Kier alpha value is -1.93.